The van der Waals surface area contributed by atoms with Crippen LogP contribution in [0.4, 0.5) is 17.1 Å². The van der Waals surface area contributed by atoms with Crippen molar-refractivity contribution >= 4 is 29.0 Å². The zero-order valence-electron chi connectivity index (χ0n) is 18.4. The first-order valence-corrected chi connectivity index (χ1v) is 11.0. The Kier molecular flexibility index (Phi) is 5.95. The van der Waals surface area contributed by atoms with Gasteiger partial charge in [-0.3, -0.25) is 20.1 Å². The van der Waals surface area contributed by atoms with Crippen LogP contribution in [0.2, 0.25) is 0 Å². The molecule has 166 valence electrons. The molecule has 0 aliphatic carbocycles. The van der Waals surface area contributed by atoms with Gasteiger partial charge in [-0.2, -0.15) is 5.10 Å². The van der Waals surface area contributed by atoms with Crippen LogP contribution in [0.25, 0.3) is 0 Å². The molecule has 0 aromatic heterocycles. The second-order valence-electron chi connectivity index (χ2n) is 8.01. The molecule has 1 atom stereocenters. The highest BCUT2D eigenvalue weighted by Crippen LogP contribution is 2.36. The summed E-state index contributed by atoms with van der Waals surface area (Å²) in [6.45, 7) is 0. The van der Waals surface area contributed by atoms with Crippen molar-refractivity contribution < 1.29 is 4.92 Å². The van der Waals surface area contributed by atoms with E-state index in [1.165, 1.54) is 17.7 Å². The third-order valence-corrected chi connectivity index (χ3v) is 5.76. The van der Waals surface area contributed by atoms with E-state index in [2.05, 4.69) is 46.4 Å². The normalized spacial score (nSPS) is 15.5. The van der Waals surface area contributed by atoms with Crippen molar-refractivity contribution in [2.45, 2.75) is 12.5 Å². The van der Waals surface area contributed by atoms with Crippen molar-refractivity contribution in [2.24, 2.45) is 10.1 Å². The molecule has 0 fully saturated rings. The van der Waals surface area contributed by atoms with E-state index in [1.54, 1.807) is 18.3 Å². The molecule has 4 aromatic rings. The van der Waals surface area contributed by atoms with Gasteiger partial charge in [0.2, 0.25) is 0 Å². The minimum atomic E-state index is -0.419. The topological polar surface area (TPSA) is 71.1 Å². The molecule has 0 unspecified atom stereocenters. The fourth-order valence-corrected chi connectivity index (χ4v) is 4.04. The maximum atomic E-state index is 11.0. The largest absolute Gasteiger partial charge is 0.271 e. The summed E-state index contributed by atoms with van der Waals surface area (Å²) in [5.74, 6) is 0. The Morgan fingerprint density at radius 2 is 1.59 bits per heavy atom. The van der Waals surface area contributed by atoms with Gasteiger partial charge >= 0.3 is 0 Å². The minimum absolute atomic E-state index is 0.0260. The summed E-state index contributed by atoms with van der Waals surface area (Å²) < 4.78 is 0. The van der Waals surface area contributed by atoms with Gasteiger partial charge in [0, 0.05) is 24.8 Å². The SMILES string of the molecule is O=[N+]([O-])c1cccc(N=Cc2ccc(N3N=C(c4ccccc4)C[C@H]3c3ccccc3)cc2)c1. The number of aliphatic imine (C=N–C) groups is 1. The molecule has 1 heterocycles. The molecule has 0 saturated heterocycles. The molecule has 34 heavy (non-hydrogen) atoms. The van der Waals surface area contributed by atoms with Crippen LogP contribution < -0.4 is 5.01 Å². The lowest BCUT2D eigenvalue weighted by atomic mass is 9.98. The monoisotopic (exact) mass is 446 g/mol. The first-order valence-electron chi connectivity index (χ1n) is 11.0. The van der Waals surface area contributed by atoms with Crippen LogP contribution in [0, 0.1) is 10.1 Å². The summed E-state index contributed by atoms with van der Waals surface area (Å²) in [5.41, 5.74) is 5.87. The van der Waals surface area contributed by atoms with E-state index in [4.69, 9.17) is 5.10 Å². The van der Waals surface area contributed by atoms with Crippen LogP contribution in [0.3, 0.4) is 0 Å². The first-order chi connectivity index (χ1) is 16.7. The summed E-state index contributed by atoms with van der Waals surface area (Å²) in [5, 5.41) is 18.0. The number of non-ortho nitro benzene ring substituents is 1. The standard InChI is InChI=1S/C28H22N4O2/c33-32(34)26-13-7-12-24(18-26)29-20-21-14-16-25(17-15-21)31-28(23-10-5-2-6-11-23)19-27(30-31)22-8-3-1-4-9-22/h1-18,20,28H,19H2/t28-/m0/s1. The molecule has 1 aliphatic heterocycles. The highest BCUT2D eigenvalue weighted by Gasteiger charge is 2.29. The van der Waals surface area contributed by atoms with Gasteiger partial charge in [0.25, 0.3) is 5.69 Å². The average Bonchev–Trinajstić information content (AvgIpc) is 3.35. The Hall–Kier alpha value is -4.58. The quantitative estimate of drug-likeness (QED) is 0.188. The Bertz CT molecular complexity index is 1350. The number of hydrogen-bond donors (Lipinski definition) is 0. The van der Waals surface area contributed by atoms with E-state index >= 15 is 0 Å². The molecule has 6 nitrogen and oxygen atoms in total. The van der Waals surface area contributed by atoms with Gasteiger partial charge in [-0.15, -0.1) is 0 Å². The number of nitro groups is 1. The number of hydrazone groups is 1. The fourth-order valence-electron chi connectivity index (χ4n) is 4.04. The van der Waals surface area contributed by atoms with Gasteiger partial charge in [-0.05, 0) is 34.9 Å². The van der Waals surface area contributed by atoms with Crippen molar-refractivity contribution in [3.63, 3.8) is 0 Å². The number of rotatable bonds is 6. The van der Waals surface area contributed by atoms with Crippen molar-refractivity contribution in [2.75, 3.05) is 5.01 Å². The smallest absolute Gasteiger partial charge is 0.258 e. The third kappa shape index (κ3) is 4.61. The van der Waals surface area contributed by atoms with Crippen LogP contribution in [0.1, 0.15) is 29.2 Å². The zero-order valence-corrected chi connectivity index (χ0v) is 18.4. The molecule has 0 radical (unpaired) electrons. The van der Waals surface area contributed by atoms with E-state index in [-0.39, 0.29) is 11.7 Å². The zero-order chi connectivity index (χ0) is 23.3. The minimum Gasteiger partial charge on any atom is -0.258 e. The van der Waals surface area contributed by atoms with Crippen LogP contribution in [-0.2, 0) is 0 Å². The van der Waals surface area contributed by atoms with Crippen molar-refractivity contribution in [1.82, 2.24) is 0 Å². The molecule has 6 heteroatoms. The van der Waals surface area contributed by atoms with Crippen LogP contribution >= 0.6 is 0 Å². The molecule has 0 saturated carbocycles. The molecule has 0 amide bonds. The van der Waals surface area contributed by atoms with Gasteiger partial charge in [-0.25, -0.2) is 0 Å². The number of anilines is 1. The van der Waals surface area contributed by atoms with Gasteiger partial charge in [0.15, 0.2) is 0 Å². The van der Waals surface area contributed by atoms with Crippen molar-refractivity contribution in [1.29, 1.82) is 0 Å². The predicted octanol–water partition coefficient (Wildman–Crippen LogP) is 6.70. The van der Waals surface area contributed by atoms with E-state index in [9.17, 15) is 10.1 Å². The van der Waals surface area contributed by atoms with Crippen molar-refractivity contribution in [3.8, 4) is 0 Å². The predicted molar refractivity (Wildman–Crippen MR) is 136 cm³/mol. The highest BCUT2D eigenvalue weighted by atomic mass is 16.6. The summed E-state index contributed by atoms with van der Waals surface area (Å²) in [4.78, 5) is 14.9. The number of nitrogens with zero attached hydrogens (tertiary/aromatic N) is 4. The van der Waals surface area contributed by atoms with Crippen LogP contribution in [-0.4, -0.2) is 16.8 Å². The maximum Gasteiger partial charge on any atom is 0.271 e. The van der Waals surface area contributed by atoms with Crippen molar-refractivity contribution in [3.05, 3.63) is 136 Å². The Morgan fingerprint density at radius 3 is 2.29 bits per heavy atom. The second-order valence-corrected chi connectivity index (χ2v) is 8.01. The molecule has 0 spiro atoms. The number of benzene rings is 4. The van der Waals surface area contributed by atoms with E-state index in [1.807, 2.05) is 48.5 Å². The summed E-state index contributed by atoms with van der Waals surface area (Å²) in [6, 6.07) is 35.1. The Labute approximate surface area is 197 Å². The van der Waals surface area contributed by atoms with Gasteiger partial charge in [-0.1, -0.05) is 78.9 Å². The van der Waals surface area contributed by atoms with Gasteiger partial charge in [0.1, 0.15) is 0 Å². The molecule has 0 bridgehead atoms. The molecule has 0 N–H and O–H groups in total. The summed E-state index contributed by atoms with van der Waals surface area (Å²) in [7, 11) is 0. The molecule has 1 aliphatic rings. The van der Waals surface area contributed by atoms with Gasteiger partial charge in [0.05, 0.1) is 28.1 Å². The lowest BCUT2D eigenvalue weighted by molar-refractivity contribution is -0.384. The van der Waals surface area contributed by atoms with Gasteiger partial charge < -0.3 is 0 Å². The van der Waals surface area contributed by atoms with E-state index in [0.29, 0.717) is 5.69 Å². The average molecular weight is 447 g/mol. The number of hydrogen-bond acceptors (Lipinski definition) is 5. The maximum absolute atomic E-state index is 11.0. The Morgan fingerprint density at radius 1 is 0.882 bits per heavy atom. The Balaban J connectivity index is 1.41. The van der Waals surface area contributed by atoms with Crippen LogP contribution in [0.15, 0.2) is 119 Å². The molecular formula is C28H22N4O2. The summed E-state index contributed by atoms with van der Waals surface area (Å²) in [6.07, 6.45) is 2.53. The van der Waals surface area contributed by atoms with E-state index < -0.39 is 4.92 Å². The molecule has 4 aromatic carbocycles. The molecule has 5 rings (SSSR count). The third-order valence-electron chi connectivity index (χ3n) is 5.76. The van der Waals surface area contributed by atoms with E-state index in [0.717, 1.165) is 28.9 Å². The molecular weight excluding hydrogens is 424 g/mol. The fraction of sp³-hybridized carbons (Fsp3) is 0.0714. The lowest BCUT2D eigenvalue weighted by Crippen LogP contribution is -2.18. The number of nitro benzene ring substituents is 1. The summed E-state index contributed by atoms with van der Waals surface area (Å²) >= 11 is 0. The first kappa shape index (κ1) is 21.3. The lowest BCUT2D eigenvalue weighted by Gasteiger charge is -2.24. The second kappa shape index (κ2) is 9.50. The highest BCUT2D eigenvalue weighted by molar-refractivity contribution is 6.03. The van der Waals surface area contributed by atoms with Crippen LogP contribution in [0.5, 0.6) is 0 Å².